The largest absolute Gasteiger partial charge is 0.316 e. The molecule has 0 aromatic carbocycles. The molecule has 1 atom stereocenters. The van der Waals surface area contributed by atoms with Crippen LogP contribution >= 0.6 is 0 Å². The second kappa shape index (κ2) is 4.73. The summed E-state index contributed by atoms with van der Waals surface area (Å²) in [5.74, 6) is 1.82. The van der Waals surface area contributed by atoms with Gasteiger partial charge < -0.3 is 5.32 Å². The van der Waals surface area contributed by atoms with Crippen molar-refractivity contribution in [2.24, 2.45) is 5.92 Å². The van der Waals surface area contributed by atoms with Crippen LogP contribution in [0, 0.1) is 12.8 Å². The summed E-state index contributed by atoms with van der Waals surface area (Å²) >= 11 is 0. The van der Waals surface area contributed by atoms with Gasteiger partial charge in [-0.2, -0.15) is 0 Å². The van der Waals surface area contributed by atoms with Gasteiger partial charge in [-0.15, -0.1) is 0 Å². The number of aryl methyl sites for hydroxylation is 2. The lowest BCUT2D eigenvalue weighted by Gasteiger charge is -2.22. The Balaban J connectivity index is 1.76. The lowest BCUT2D eigenvalue weighted by Crippen LogP contribution is -2.31. The summed E-state index contributed by atoms with van der Waals surface area (Å²) in [5, 5.41) is 3.47. The SMILES string of the molecule is Cc1nc(CC2CCCNC2)nc2c1CCC2. The van der Waals surface area contributed by atoms with Crippen LogP contribution in [-0.2, 0) is 19.3 Å². The van der Waals surface area contributed by atoms with E-state index in [2.05, 4.69) is 12.2 Å². The van der Waals surface area contributed by atoms with Gasteiger partial charge in [-0.3, -0.25) is 0 Å². The number of rotatable bonds is 2. The molecule has 1 unspecified atom stereocenters. The van der Waals surface area contributed by atoms with E-state index in [0.717, 1.165) is 31.1 Å². The Morgan fingerprint density at radius 3 is 3.00 bits per heavy atom. The van der Waals surface area contributed by atoms with Crippen molar-refractivity contribution in [3.05, 3.63) is 22.8 Å². The van der Waals surface area contributed by atoms with E-state index < -0.39 is 0 Å². The molecular weight excluding hydrogens is 210 g/mol. The molecule has 2 heterocycles. The first-order valence-electron chi connectivity index (χ1n) is 6.89. The van der Waals surface area contributed by atoms with E-state index in [9.17, 15) is 0 Å². The summed E-state index contributed by atoms with van der Waals surface area (Å²) in [6.07, 6.45) is 7.29. The maximum absolute atomic E-state index is 4.77. The molecule has 1 N–H and O–H groups in total. The Kier molecular flexibility index (Phi) is 3.10. The van der Waals surface area contributed by atoms with Crippen LogP contribution < -0.4 is 5.32 Å². The average Bonchev–Trinajstić information content (AvgIpc) is 2.79. The molecule has 1 saturated heterocycles. The number of nitrogens with one attached hydrogen (secondary N) is 1. The highest BCUT2D eigenvalue weighted by atomic mass is 14.9. The van der Waals surface area contributed by atoms with Crippen LogP contribution in [0.5, 0.6) is 0 Å². The van der Waals surface area contributed by atoms with Gasteiger partial charge in [0, 0.05) is 17.8 Å². The molecule has 1 fully saturated rings. The Bertz CT molecular complexity index is 408. The highest BCUT2D eigenvalue weighted by Crippen LogP contribution is 2.23. The molecule has 1 aromatic rings. The highest BCUT2D eigenvalue weighted by molar-refractivity contribution is 5.29. The summed E-state index contributed by atoms with van der Waals surface area (Å²) in [6, 6.07) is 0. The van der Waals surface area contributed by atoms with Gasteiger partial charge in [0.05, 0.1) is 0 Å². The van der Waals surface area contributed by atoms with Gasteiger partial charge in [0.15, 0.2) is 0 Å². The molecule has 1 aliphatic carbocycles. The summed E-state index contributed by atoms with van der Waals surface area (Å²) in [6.45, 7) is 4.47. The van der Waals surface area contributed by atoms with Gasteiger partial charge in [-0.05, 0) is 63.6 Å². The van der Waals surface area contributed by atoms with Crippen LogP contribution in [0.3, 0.4) is 0 Å². The molecule has 0 spiro atoms. The van der Waals surface area contributed by atoms with E-state index in [4.69, 9.17) is 9.97 Å². The fraction of sp³-hybridized carbons (Fsp3) is 0.714. The molecule has 1 aromatic heterocycles. The first kappa shape index (κ1) is 11.1. The molecule has 0 radical (unpaired) electrons. The van der Waals surface area contributed by atoms with E-state index in [1.165, 1.54) is 49.2 Å². The van der Waals surface area contributed by atoms with Crippen molar-refractivity contribution >= 4 is 0 Å². The summed E-state index contributed by atoms with van der Waals surface area (Å²) in [5.41, 5.74) is 3.98. The maximum Gasteiger partial charge on any atom is 0.129 e. The third kappa shape index (κ3) is 2.34. The second-order valence-corrected chi connectivity index (χ2v) is 5.42. The van der Waals surface area contributed by atoms with E-state index in [1.807, 2.05) is 0 Å². The fourth-order valence-electron chi connectivity index (χ4n) is 3.13. The zero-order valence-electron chi connectivity index (χ0n) is 10.6. The predicted molar refractivity (Wildman–Crippen MR) is 68.1 cm³/mol. The van der Waals surface area contributed by atoms with Crippen LogP contribution in [0.15, 0.2) is 0 Å². The van der Waals surface area contributed by atoms with Crippen LogP contribution in [0.4, 0.5) is 0 Å². The maximum atomic E-state index is 4.77. The molecule has 1 aliphatic heterocycles. The Labute approximate surface area is 103 Å². The van der Waals surface area contributed by atoms with Crippen molar-refractivity contribution in [2.45, 2.75) is 45.4 Å². The zero-order valence-corrected chi connectivity index (χ0v) is 10.6. The van der Waals surface area contributed by atoms with Crippen molar-refractivity contribution in [1.29, 1.82) is 0 Å². The summed E-state index contributed by atoms with van der Waals surface area (Å²) < 4.78 is 0. The first-order valence-corrected chi connectivity index (χ1v) is 6.89. The molecule has 17 heavy (non-hydrogen) atoms. The first-order chi connectivity index (χ1) is 8.33. The zero-order chi connectivity index (χ0) is 11.7. The molecular formula is C14H21N3. The standard InChI is InChI=1S/C14H21N3/c1-10-12-5-2-6-13(12)17-14(16-10)8-11-4-3-7-15-9-11/h11,15H,2-9H2,1H3. The third-order valence-electron chi connectivity index (χ3n) is 4.06. The number of fused-ring (bicyclic) bond motifs is 1. The van der Waals surface area contributed by atoms with E-state index in [1.54, 1.807) is 0 Å². The van der Waals surface area contributed by atoms with Gasteiger partial charge in [-0.1, -0.05) is 0 Å². The second-order valence-electron chi connectivity index (χ2n) is 5.42. The average molecular weight is 231 g/mol. The molecule has 0 bridgehead atoms. The van der Waals surface area contributed by atoms with Crippen LogP contribution in [0.25, 0.3) is 0 Å². The van der Waals surface area contributed by atoms with Gasteiger partial charge in [0.25, 0.3) is 0 Å². The van der Waals surface area contributed by atoms with Crippen molar-refractivity contribution in [3.63, 3.8) is 0 Å². The molecule has 3 nitrogen and oxygen atoms in total. The molecule has 3 heteroatoms. The van der Waals surface area contributed by atoms with Gasteiger partial charge in [0.1, 0.15) is 5.82 Å². The Morgan fingerprint density at radius 2 is 2.18 bits per heavy atom. The number of aromatic nitrogens is 2. The minimum atomic E-state index is 0.739. The van der Waals surface area contributed by atoms with Gasteiger partial charge in [0.2, 0.25) is 0 Å². The van der Waals surface area contributed by atoms with E-state index in [0.29, 0.717) is 0 Å². The topological polar surface area (TPSA) is 37.8 Å². The lowest BCUT2D eigenvalue weighted by molar-refractivity contribution is 0.370. The van der Waals surface area contributed by atoms with Crippen molar-refractivity contribution in [1.82, 2.24) is 15.3 Å². The number of hydrogen-bond acceptors (Lipinski definition) is 3. The molecule has 0 amide bonds. The lowest BCUT2D eigenvalue weighted by atomic mass is 9.96. The number of piperidine rings is 1. The van der Waals surface area contributed by atoms with Crippen molar-refractivity contribution in [3.8, 4) is 0 Å². The van der Waals surface area contributed by atoms with Gasteiger partial charge in [-0.25, -0.2) is 9.97 Å². The van der Waals surface area contributed by atoms with E-state index in [-0.39, 0.29) is 0 Å². The third-order valence-corrected chi connectivity index (χ3v) is 4.06. The number of hydrogen-bond donors (Lipinski definition) is 1. The minimum Gasteiger partial charge on any atom is -0.316 e. The predicted octanol–water partition coefficient (Wildman–Crippen LogP) is 1.82. The van der Waals surface area contributed by atoms with Crippen molar-refractivity contribution in [2.75, 3.05) is 13.1 Å². The molecule has 3 rings (SSSR count). The summed E-state index contributed by atoms with van der Waals surface area (Å²) in [7, 11) is 0. The van der Waals surface area contributed by atoms with Crippen LogP contribution in [-0.4, -0.2) is 23.1 Å². The fourth-order valence-corrected chi connectivity index (χ4v) is 3.13. The van der Waals surface area contributed by atoms with Crippen LogP contribution in [0.1, 0.15) is 42.0 Å². The van der Waals surface area contributed by atoms with Crippen molar-refractivity contribution < 1.29 is 0 Å². The smallest absolute Gasteiger partial charge is 0.129 e. The van der Waals surface area contributed by atoms with E-state index >= 15 is 0 Å². The molecule has 92 valence electrons. The normalized spacial score (nSPS) is 23.7. The number of nitrogens with zero attached hydrogens (tertiary/aromatic N) is 2. The Hall–Kier alpha value is -0.960. The highest BCUT2D eigenvalue weighted by Gasteiger charge is 2.19. The minimum absolute atomic E-state index is 0.739. The summed E-state index contributed by atoms with van der Waals surface area (Å²) in [4.78, 5) is 9.47. The molecule has 2 aliphatic rings. The Morgan fingerprint density at radius 1 is 1.24 bits per heavy atom. The van der Waals surface area contributed by atoms with Gasteiger partial charge >= 0.3 is 0 Å². The molecule has 0 saturated carbocycles. The van der Waals surface area contributed by atoms with Crippen LogP contribution in [0.2, 0.25) is 0 Å². The monoisotopic (exact) mass is 231 g/mol. The quantitative estimate of drug-likeness (QED) is 0.843.